The molecular formula is C24H25NO7. The zero-order chi connectivity index (χ0) is 22.9. The van der Waals surface area contributed by atoms with Crippen LogP contribution in [0.2, 0.25) is 0 Å². The lowest BCUT2D eigenvalue weighted by Crippen LogP contribution is -2.28. The van der Waals surface area contributed by atoms with Gasteiger partial charge in [0.05, 0.1) is 6.61 Å². The molecule has 0 saturated carbocycles. The van der Waals surface area contributed by atoms with Crippen molar-refractivity contribution in [3.63, 3.8) is 0 Å². The van der Waals surface area contributed by atoms with E-state index in [-0.39, 0.29) is 23.5 Å². The summed E-state index contributed by atoms with van der Waals surface area (Å²) in [7, 11) is 0. The predicted octanol–water partition coefficient (Wildman–Crippen LogP) is 3.71. The smallest absolute Gasteiger partial charge is 0.349 e. The first-order chi connectivity index (χ1) is 15.5. The number of para-hydroxylation sites is 2. The Balaban J connectivity index is 1.67. The van der Waals surface area contributed by atoms with Gasteiger partial charge in [0.25, 0.3) is 5.91 Å². The highest BCUT2D eigenvalue weighted by atomic mass is 16.6. The van der Waals surface area contributed by atoms with Gasteiger partial charge in [-0.3, -0.25) is 4.79 Å². The molecule has 0 spiro atoms. The minimum Gasteiger partial charge on any atom is -0.490 e. The Hall–Kier alpha value is -3.81. The summed E-state index contributed by atoms with van der Waals surface area (Å²) in [5.41, 5.74) is -0.626. The van der Waals surface area contributed by atoms with E-state index < -0.39 is 17.5 Å². The van der Waals surface area contributed by atoms with E-state index in [4.69, 9.17) is 18.6 Å². The first-order valence-electron chi connectivity index (χ1n) is 10.4. The van der Waals surface area contributed by atoms with Gasteiger partial charge in [-0.05, 0) is 43.7 Å². The Bertz CT molecular complexity index is 1150. The second-order valence-corrected chi connectivity index (χ2v) is 6.90. The van der Waals surface area contributed by atoms with Gasteiger partial charge in [0, 0.05) is 18.0 Å². The molecule has 0 unspecified atom stereocenters. The Labute approximate surface area is 185 Å². The lowest BCUT2D eigenvalue weighted by atomic mass is 10.1. The fourth-order valence-electron chi connectivity index (χ4n) is 2.93. The van der Waals surface area contributed by atoms with Crippen molar-refractivity contribution in [1.29, 1.82) is 0 Å². The molecule has 1 N–H and O–H groups in total. The summed E-state index contributed by atoms with van der Waals surface area (Å²) < 4.78 is 21.5. The molecule has 8 heteroatoms. The molecule has 8 nitrogen and oxygen atoms in total. The third-order valence-electron chi connectivity index (χ3n) is 4.49. The van der Waals surface area contributed by atoms with Gasteiger partial charge >= 0.3 is 11.6 Å². The normalized spacial score (nSPS) is 10.6. The maximum absolute atomic E-state index is 12.2. The maximum Gasteiger partial charge on any atom is 0.349 e. The molecule has 0 aliphatic rings. The fourth-order valence-corrected chi connectivity index (χ4v) is 2.93. The molecule has 0 aliphatic carbocycles. The van der Waals surface area contributed by atoms with Gasteiger partial charge in [-0.2, -0.15) is 0 Å². The van der Waals surface area contributed by atoms with Crippen LogP contribution in [0.4, 0.5) is 0 Å². The van der Waals surface area contributed by atoms with Gasteiger partial charge in [0.15, 0.2) is 18.1 Å². The van der Waals surface area contributed by atoms with Crippen LogP contribution in [0.5, 0.6) is 17.2 Å². The van der Waals surface area contributed by atoms with Crippen LogP contribution in [-0.2, 0) is 4.79 Å². The maximum atomic E-state index is 12.2. The summed E-state index contributed by atoms with van der Waals surface area (Å²) in [4.78, 5) is 36.6. The minimum atomic E-state index is -0.758. The Morgan fingerprint density at radius 1 is 1.00 bits per heavy atom. The van der Waals surface area contributed by atoms with Crippen LogP contribution in [0.25, 0.3) is 11.0 Å². The van der Waals surface area contributed by atoms with Crippen molar-refractivity contribution >= 4 is 22.8 Å². The minimum absolute atomic E-state index is 0.0697. The average molecular weight is 439 g/mol. The third-order valence-corrected chi connectivity index (χ3v) is 4.49. The van der Waals surface area contributed by atoms with Gasteiger partial charge < -0.3 is 23.9 Å². The van der Waals surface area contributed by atoms with Gasteiger partial charge in [0.2, 0.25) is 0 Å². The molecular weight excluding hydrogens is 414 g/mol. The van der Waals surface area contributed by atoms with Crippen molar-refractivity contribution < 1.29 is 28.2 Å². The molecule has 0 bridgehead atoms. The quantitative estimate of drug-likeness (QED) is 0.222. The number of carbonyl (C=O) groups is 2. The second-order valence-electron chi connectivity index (χ2n) is 6.90. The van der Waals surface area contributed by atoms with Crippen LogP contribution in [0.3, 0.4) is 0 Å². The highest BCUT2D eigenvalue weighted by Gasteiger charge is 2.15. The molecule has 1 amide bonds. The lowest BCUT2D eigenvalue weighted by molar-refractivity contribution is -0.136. The molecule has 3 aromatic rings. The second kappa shape index (κ2) is 11.0. The SMILES string of the molecule is CCCCNC(=O)c1cc2ccc(OC(=O)COc3ccccc3OCC)cc2oc1=O. The van der Waals surface area contributed by atoms with Crippen LogP contribution in [0, 0.1) is 0 Å². The van der Waals surface area contributed by atoms with E-state index in [1.807, 2.05) is 13.8 Å². The largest absolute Gasteiger partial charge is 0.490 e. The topological polar surface area (TPSA) is 104 Å². The van der Waals surface area contributed by atoms with Crippen molar-refractivity contribution in [3.8, 4) is 17.2 Å². The Morgan fingerprint density at radius 3 is 2.47 bits per heavy atom. The molecule has 0 radical (unpaired) electrons. The molecule has 0 aliphatic heterocycles. The fraction of sp³-hybridized carbons (Fsp3) is 0.292. The third kappa shape index (κ3) is 5.87. The van der Waals surface area contributed by atoms with Crippen LogP contribution in [0.1, 0.15) is 37.0 Å². The van der Waals surface area contributed by atoms with Crippen LogP contribution < -0.4 is 25.2 Å². The van der Waals surface area contributed by atoms with Crippen molar-refractivity contribution in [2.45, 2.75) is 26.7 Å². The Morgan fingerprint density at radius 2 is 1.75 bits per heavy atom. The van der Waals surface area contributed by atoms with Crippen molar-refractivity contribution in [2.24, 2.45) is 0 Å². The van der Waals surface area contributed by atoms with E-state index in [2.05, 4.69) is 5.32 Å². The number of amides is 1. The van der Waals surface area contributed by atoms with Gasteiger partial charge in [-0.15, -0.1) is 0 Å². The first-order valence-corrected chi connectivity index (χ1v) is 10.4. The zero-order valence-electron chi connectivity index (χ0n) is 18.0. The molecule has 168 valence electrons. The summed E-state index contributed by atoms with van der Waals surface area (Å²) in [6, 6.07) is 13.0. The molecule has 0 fully saturated rings. The zero-order valence-corrected chi connectivity index (χ0v) is 18.0. The van der Waals surface area contributed by atoms with Gasteiger partial charge in [0.1, 0.15) is 16.9 Å². The molecule has 3 rings (SSSR count). The van der Waals surface area contributed by atoms with Gasteiger partial charge in [-0.1, -0.05) is 25.5 Å². The van der Waals surface area contributed by atoms with Crippen molar-refractivity contribution in [3.05, 3.63) is 64.5 Å². The number of unbranched alkanes of at least 4 members (excludes halogenated alkanes) is 1. The van der Waals surface area contributed by atoms with E-state index in [1.165, 1.54) is 12.1 Å². The van der Waals surface area contributed by atoms with E-state index in [1.54, 1.807) is 36.4 Å². The number of esters is 1. The van der Waals surface area contributed by atoms with Crippen LogP contribution in [-0.4, -0.2) is 31.6 Å². The first kappa shape index (κ1) is 22.9. The van der Waals surface area contributed by atoms with Crippen molar-refractivity contribution in [2.75, 3.05) is 19.8 Å². The number of carbonyl (C=O) groups excluding carboxylic acids is 2. The summed E-state index contributed by atoms with van der Waals surface area (Å²) >= 11 is 0. The van der Waals surface area contributed by atoms with Crippen LogP contribution >= 0.6 is 0 Å². The standard InChI is InChI=1S/C24H25NO7/c1-3-5-12-25-23(27)18-13-16-10-11-17(14-21(16)32-24(18)28)31-22(26)15-30-20-9-7-6-8-19(20)29-4-2/h6-11,13-14H,3-5,12,15H2,1-2H3,(H,25,27). The predicted molar refractivity (Wildman–Crippen MR) is 118 cm³/mol. The summed E-state index contributed by atoms with van der Waals surface area (Å²) in [5.74, 6) is 0.0388. The Kier molecular flexibility index (Phi) is 7.85. The molecule has 0 atom stereocenters. The number of fused-ring (bicyclic) bond motifs is 1. The van der Waals surface area contributed by atoms with E-state index in [9.17, 15) is 14.4 Å². The molecule has 0 saturated heterocycles. The van der Waals surface area contributed by atoms with Crippen molar-refractivity contribution in [1.82, 2.24) is 5.32 Å². The van der Waals surface area contributed by atoms with Crippen LogP contribution in [0.15, 0.2) is 57.7 Å². The summed E-state index contributed by atoms with van der Waals surface area (Å²) in [6.07, 6.45) is 1.75. The number of rotatable bonds is 10. The molecule has 32 heavy (non-hydrogen) atoms. The number of nitrogens with one attached hydrogen (secondary N) is 1. The number of hydrogen-bond donors (Lipinski definition) is 1. The summed E-state index contributed by atoms with van der Waals surface area (Å²) in [5, 5.41) is 3.23. The highest BCUT2D eigenvalue weighted by molar-refractivity contribution is 5.96. The molecule has 2 aromatic carbocycles. The molecule has 1 heterocycles. The van der Waals surface area contributed by atoms with Gasteiger partial charge in [-0.25, -0.2) is 9.59 Å². The summed E-state index contributed by atoms with van der Waals surface area (Å²) in [6.45, 7) is 4.48. The average Bonchev–Trinajstić information content (AvgIpc) is 2.78. The number of hydrogen-bond acceptors (Lipinski definition) is 7. The van der Waals surface area contributed by atoms with E-state index in [0.717, 1.165) is 12.8 Å². The molecule has 1 aromatic heterocycles. The highest BCUT2D eigenvalue weighted by Crippen LogP contribution is 2.26. The number of ether oxygens (including phenoxy) is 3. The number of benzene rings is 2. The monoisotopic (exact) mass is 439 g/mol. The lowest BCUT2D eigenvalue weighted by Gasteiger charge is -2.11. The van der Waals surface area contributed by atoms with E-state index in [0.29, 0.717) is 30.0 Å². The van der Waals surface area contributed by atoms with E-state index >= 15 is 0 Å².